The van der Waals surface area contributed by atoms with Gasteiger partial charge in [-0.2, -0.15) is 0 Å². The molecule has 0 radical (unpaired) electrons. The third-order valence-electron chi connectivity index (χ3n) is 4.38. The van der Waals surface area contributed by atoms with Crippen molar-refractivity contribution in [1.29, 1.82) is 0 Å². The zero-order valence-corrected chi connectivity index (χ0v) is 14.3. The van der Waals surface area contributed by atoms with Crippen molar-refractivity contribution in [3.8, 4) is 10.4 Å². The molecule has 0 aliphatic carbocycles. The van der Waals surface area contributed by atoms with Crippen LogP contribution in [0, 0.1) is 6.92 Å². The molecule has 0 bridgehead atoms. The van der Waals surface area contributed by atoms with Crippen molar-refractivity contribution in [1.82, 2.24) is 0 Å². The number of benzene rings is 3. The highest BCUT2D eigenvalue weighted by Gasteiger charge is 2.07. The number of thiophene rings is 2. The number of hydrogen-bond acceptors (Lipinski definition) is 2. The average molecular weight is 330 g/mol. The fourth-order valence-corrected chi connectivity index (χ4v) is 5.02. The molecule has 2 heteroatoms. The summed E-state index contributed by atoms with van der Waals surface area (Å²) in [6.45, 7) is 2.13. The summed E-state index contributed by atoms with van der Waals surface area (Å²) < 4.78 is 2.73. The van der Waals surface area contributed by atoms with E-state index in [2.05, 4.69) is 73.0 Å². The minimum absolute atomic E-state index is 1.31. The zero-order chi connectivity index (χ0) is 15.4. The number of hydrogen-bond donors (Lipinski definition) is 0. The van der Waals surface area contributed by atoms with E-state index in [1.165, 1.54) is 46.9 Å². The molecule has 0 aliphatic rings. The molecule has 0 atom stereocenters. The predicted octanol–water partition coefficient (Wildman–Crippen LogP) is 7.24. The SMILES string of the molecule is Cc1ccc(-c2cc3cc4cc5ccsc5cc4cc3s2)cc1. The Hall–Kier alpha value is -2.16. The number of rotatable bonds is 1. The molecule has 0 amide bonds. The number of aryl methyl sites for hydroxylation is 1. The molecule has 0 N–H and O–H groups in total. The van der Waals surface area contributed by atoms with Gasteiger partial charge in [-0.05, 0) is 75.8 Å². The molecule has 0 unspecified atom stereocenters. The van der Waals surface area contributed by atoms with Crippen molar-refractivity contribution in [2.75, 3.05) is 0 Å². The van der Waals surface area contributed by atoms with Crippen LogP contribution in [0.4, 0.5) is 0 Å². The Morgan fingerprint density at radius 1 is 0.652 bits per heavy atom. The van der Waals surface area contributed by atoms with Gasteiger partial charge in [0.05, 0.1) is 0 Å². The van der Waals surface area contributed by atoms with Crippen LogP contribution >= 0.6 is 22.7 Å². The molecule has 23 heavy (non-hydrogen) atoms. The molecule has 0 fully saturated rings. The van der Waals surface area contributed by atoms with E-state index in [9.17, 15) is 0 Å². The van der Waals surface area contributed by atoms with Gasteiger partial charge in [0.25, 0.3) is 0 Å². The van der Waals surface area contributed by atoms with Gasteiger partial charge in [0.1, 0.15) is 0 Å². The third kappa shape index (κ3) is 2.18. The highest BCUT2D eigenvalue weighted by atomic mass is 32.1. The van der Waals surface area contributed by atoms with Crippen molar-refractivity contribution >= 4 is 53.6 Å². The maximum atomic E-state index is 2.34. The topological polar surface area (TPSA) is 0 Å². The Balaban J connectivity index is 1.75. The maximum Gasteiger partial charge on any atom is 0.0355 e. The van der Waals surface area contributed by atoms with Crippen molar-refractivity contribution < 1.29 is 0 Å². The Morgan fingerprint density at radius 2 is 1.39 bits per heavy atom. The third-order valence-corrected chi connectivity index (χ3v) is 6.41. The molecule has 0 spiro atoms. The Morgan fingerprint density at radius 3 is 2.26 bits per heavy atom. The molecule has 5 rings (SSSR count). The molecule has 2 heterocycles. The summed E-state index contributed by atoms with van der Waals surface area (Å²) >= 11 is 3.70. The Kier molecular flexibility index (Phi) is 2.84. The first-order chi connectivity index (χ1) is 11.3. The first kappa shape index (κ1) is 13.3. The van der Waals surface area contributed by atoms with E-state index in [1.807, 2.05) is 22.7 Å². The van der Waals surface area contributed by atoms with E-state index in [4.69, 9.17) is 0 Å². The molecule has 0 aliphatic heterocycles. The van der Waals surface area contributed by atoms with Gasteiger partial charge in [-0.25, -0.2) is 0 Å². The van der Waals surface area contributed by atoms with Gasteiger partial charge in [-0.15, -0.1) is 22.7 Å². The lowest BCUT2D eigenvalue weighted by molar-refractivity contribution is 1.48. The maximum absolute atomic E-state index is 2.34. The fourth-order valence-electron chi connectivity index (χ4n) is 3.11. The van der Waals surface area contributed by atoms with Crippen molar-refractivity contribution in [3.63, 3.8) is 0 Å². The summed E-state index contributed by atoms with van der Waals surface area (Å²) in [7, 11) is 0. The summed E-state index contributed by atoms with van der Waals surface area (Å²) in [5.74, 6) is 0. The van der Waals surface area contributed by atoms with E-state index < -0.39 is 0 Å². The second-order valence-corrected chi connectivity index (χ2v) is 8.06. The summed E-state index contributed by atoms with van der Waals surface area (Å²) in [6.07, 6.45) is 0. The van der Waals surface area contributed by atoms with Crippen molar-refractivity contribution in [3.05, 3.63) is 71.6 Å². The average Bonchev–Trinajstić information content (AvgIpc) is 3.16. The lowest BCUT2D eigenvalue weighted by Gasteiger charge is -1.99. The molecule has 2 aromatic heterocycles. The molecular weight excluding hydrogens is 316 g/mol. The van der Waals surface area contributed by atoms with E-state index >= 15 is 0 Å². The molecule has 110 valence electrons. The lowest BCUT2D eigenvalue weighted by atomic mass is 10.1. The first-order valence-electron chi connectivity index (χ1n) is 7.68. The van der Waals surface area contributed by atoms with Crippen molar-refractivity contribution in [2.45, 2.75) is 6.92 Å². The van der Waals surface area contributed by atoms with Crippen LogP contribution in [-0.4, -0.2) is 0 Å². The van der Waals surface area contributed by atoms with Crippen LogP contribution in [0.1, 0.15) is 5.56 Å². The van der Waals surface area contributed by atoms with E-state index in [0.717, 1.165) is 0 Å². The minimum Gasteiger partial charge on any atom is -0.144 e. The minimum atomic E-state index is 1.31. The van der Waals surface area contributed by atoms with Crippen LogP contribution in [0.15, 0.2) is 66.0 Å². The molecule has 5 aromatic rings. The van der Waals surface area contributed by atoms with Crippen LogP contribution in [-0.2, 0) is 0 Å². The van der Waals surface area contributed by atoms with Crippen molar-refractivity contribution in [2.24, 2.45) is 0 Å². The fraction of sp³-hybridized carbons (Fsp3) is 0.0476. The highest BCUT2D eigenvalue weighted by molar-refractivity contribution is 7.22. The summed E-state index contributed by atoms with van der Waals surface area (Å²) in [6, 6.07) is 22.6. The van der Waals surface area contributed by atoms with Crippen LogP contribution in [0.5, 0.6) is 0 Å². The predicted molar refractivity (Wildman–Crippen MR) is 105 cm³/mol. The standard InChI is InChI=1S/C21H14S2/c1-13-2-4-14(5-3-13)20-12-18-9-16-8-15-6-7-22-19(15)10-17(16)11-21(18)23-20/h2-12H,1H3. The van der Waals surface area contributed by atoms with E-state index in [1.54, 1.807) is 0 Å². The van der Waals surface area contributed by atoms with Crippen LogP contribution in [0.25, 0.3) is 41.4 Å². The quantitative estimate of drug-likeness (QED) is 0.304. The molecule has 0 nitrogen and oxygen atoms in total. The van der Waals surface area contributed by atoms with Gasteiger partial charge in [-0.3, -0.25) is 0 Å². The van der Waals surface area contributed by atoms with Crippen LogP contribution < -0.4 is 0 Å². The largest absolute Gasteiger partial charge is 0.144 e. The van der Waals surface area contributed by atoms with Crippen LogP contribution in [0.2, 0.25) is 0 Å². The zero-order valence-electron chi connectivity index (χ0n) is 12.7. The monoisotopic (exact) mass is 330 g/mol. The van der Waals surface area contributed by atoms with Gasteiger partial charge < -0.3 is 0 Å². The molecular formula is C21H14S2. The number of fused-ring (bicyclic) bond motifs is 3. The highest BCUT2D eigenvalue weighted by Crippen LogP contribution is 2.37. The second kappa shape index (κ2) is 4.92. The van der Waals surface area contributed by atoms with Gasteiger partial charge in [-0.1, -0.05) is 29.8 Å². The second-order valence-electron chi connectivity index (χ2n) is 6.02. The smallest absolute Gasteiger partial charge is 0.0355 e. The van der Waals surface area contributed by atoms with Gasteiger partial charge >= 0.3 is 0 Å². The summed E-state index contributed by atoms with van der Waals surface area (Å²) in [5, 5.41) is 7.52. The van der Waals surface area contributed by atoms with Gasteiger partial charge in [0, 0.05) is 14.3 Å². The molecule has 0 saturated carbocycles. The van der Waals surface area contributed by atoms with Gasteiger partial charge in [0.2, 0.25) is 0 Å². The van der Waals surface area contributed by atoms with Crippen LogP contribution in [0.3, 0.4) is 0 Å². The lowest BCUT2D eigenvalue weighted by Crippen LogP contribution is -1.73. The Bertz CT molecular complexity index is 1090. The Labute approximate surface area is 142 Å². The molecule has 0 saturated heterocycles. The normalized spacial score (nSPS) is 11.7. The first-order valence-corrected chi connectivity index (χ1v) is 9.37. The molecule has 3 aromatic carbocycles. The van der Waals surface area contributed by atoms with E-state index in [-0.39, 0.29) is 0 Å². The summed E-state index contributed by atoms with van der Waals surface area (Å²) in [4.78, 5) is 1.34. The summed E-state index contributed by atoms with van der Waals surface area (Å²) in [5.41, 5.74) is 2.61. The van der Waals surface area contributed by atoms with Gasteiger partial charge in [0.15, 0.2) is 0 Å². The van der Waals surface area contributed by atoms with E-state index in [0.29, 0.717) is 0 Å².